The van der Waals surface area contributed by atoms with Gasteiger partial charge < -0.3 is 4.90 Å². The van der Waals surface area contributed by atoms with Crippen molar-refractivity contribution in [3.8, 4) is 0 Å². The summed E-state index contributed by atoms with van der Waals surface area (Å²) < 4.78 is 2.59. The van der Waals surface area contributed by atoms with Crippen molar-refractivity contribution < 1.29 is 4.79 Å². The van der Waals surface area contributed by atoms with Crippen molar-refractivity contribution in [2.24, 2.45) is 4.99 Å². The molecule has 0 spiro atoms. The molecule has 88 valence electrons. The molecule has 0 aromatic carbocycles. The smallest absolute Gasteiger partial charge is 0.279 e. The van der Waals surface area contributed by atoms with Gasteiger partial charge in [0, 0.05) is 20.3 Å². The van der Waals surface area contributed by atoms with Crippen molar-refractivity contribution in [2.45, 2.75) is 0 Å². The Morgan fingerprint density at radius 1 is 1.53 bits per heavy atom. The zero-order valence-electron chi connectivity index (χ0n) is 9.46. The summed E-state index contributed by atoms with van der Waals surface area (Å²) in [7, 11) is 3.62. The molecule has 2 heterocycles. The van der Waals surface area contributed by atoms with Crippen LogP contribution in [0.4, 0.5) is 0 Å². The highest BCUT2D eigenvalue weighted by molar-refractivity contribution is 9.10. The van der Waals surface area contributed by atoms with E-state index in [4.69, 9.17) is 0 Å². The molecular weight excluding hydrogens is 284 g/mol. The van der Waals surface area contributed by atoms with Crippen LogP contribution in [0.3, 0.4) is 0 Å². The Hall–Kier alpha value is -1.69. The lowest BCUT2D eigenvalue weighted by Crippen LogP contribution is -2.10. The molecule has 0 aliphatic carbocycles. The van der Waals surface area contributed by atoms with Gasteiger partial charge in [0.15, 0.2) is 0 Å². The van der Waals surface area contributed by atoms with Gasteiger partial charge in [-0.1, -0.05) is 0 Å². The lowest BCUT2D eigenvalue weighted by atomic mass is 10.3. The van der Waals surface area contributed by atoms with Crippen molar-refractivity contribution in [3.05, 3.63) is 34.7 Å². The summed E-state index contributed by atoms with van der Waals surface area (Å²) >= 11 is 3.35. The molecule has 0 atom stereocenters. The highest BCUT2D eigenvalue weighted by Crippen LogP contribution is 2.14. The average molecular weight is 295 g/mol. The Labute approximate surface area is 107 Å². The normalized spacial score (nSPS) is 11.2. The predicted octanol–water partition coefficient (Wildman–Crippen LogP) is 1.83. The van der Waals surface area contributed by atoms with Gasteiger partial charge in [0.25, 0.3) is 5.91 Å². The van der Waals surface area contributed by atoms with Crippen LogP contribution < -0.4 is 0 Å². The molecule has 0 unspecified atom stereocenters. The first-order chi connectivity index (χ1) is 8.08. The summed E-state index contributed by atoms with van der Waals surface area (Å²) in [6.07, 6.45) is 4.88. The van der Waals surface area contributed by atoms with Crippen molar-refractivity contribution in [1.29, 1.82) is 0 Å². The molecule has 2 aromatic rings. The number of aromatic nitrogens is 2. The molecule has 0 radical (unpaired) electrons. The van der Waals surface area contributed by atoms with Crippen LogP contribution in [0.25, 0.3) is 5.65 Å². The van der Waals surface area contributed by atoms with Crippen molar-refractivity contribution in [2.75, 3.05) is 14.1 Å². The van der Waals surface area contributed by atoms with E-state index in [0.29, 0.717) is 5.56 Å². The van der Waals surface area contributed by atoms with Crippen LogP contribution in [0.1, 0.15) is 10.4 Å². The third kappa shape index (κ3) is 2.52. The minimum atomic E-state index is -0.277. The van der Waals surface area contributed by atoms with E-state index in [1.165, 1.54) is 6.34 Å². The lowest BCUT2D eigenvalue weighted by Gasteiger charge is -2.02. The maximum Gasteiger partial charge on any atom is 0.279 e. The maximum absolute atomic E-state index is 11.8. The molecule has 0 bridgehead atoms. The molecular formula is C11H11BrN4O. The number of hydrogen-bond acceptors (Lipinski definition) is 2. The molecule has 17 heavy (non-hydrogen) atoms. The van der Waals surface area contributed by atoms with Gasteiger partial charge in [0.05, 0.1) is 18.1 Å². The molecule has 1 amide bonds. The number of imidazole rings is 1. The second kappa shape index (κ2) is 4.67. The highest BCUT2D eigenvalue weighted by atomic mass is 79.9. The van der Waals surface area contributed by atoms with Gasteiger partial charge in [-0.2, -0.15) is 4.99 Å². The first-order valence-electron chi connectivity index (χ1n) is 4.95. The van der Waals surface area contributed by atoms with E-state index in [9.17, 15) is 4.79 Å². The van der Waals surface area contributed by atoms with Gasteiger partial charge in [-0.25, -0.2) is 4.98 Å². The Morgan fingerprint density at radius 2 is 2.29 bits per heavy atom. The van der Waals surface area contributed by atoms with E-state index < -0.39 is 0 Å². The third-order valence-corrected chi connectivity index (χ3v) is 2.70. The van der Waals surface area contributed by atoms with E-state index in [1.807, 2.05) is 14.1 Å². The SMILES string of the molecule is CN(C)/C=N/C(=O)c1ccc2ncc(Br)n2c1. The molecule has 0 saturated heterocycles. The first kappa shape index (κ1) is 11.8. The summed E-state index contributed by atoms with van der Waals surface area (Å²) in [6.45, 7) is 0. The van der Waals surface area contributed by atoms with Gasteiger partial charge in [-0.3, -0.25) is 9.20 Å². The average Bonchev–Trinajstić information content (AvgIpc) is 2.67. The van der Waals surface area contributed by atoms with E-state index in [0.717, 1.165) is 10.3 Å². The number of hydrogen-bond donors (Lipinski definition) is 0. The Kier molecular flexibility index (Phi) is 3.23. The van der Waals surface area contributed by atoms with E-state index in [-0.39, 0.29) is 5.91 Å². The first-order valence-corrected chi connectivity index (χ1v) is 5.75. The minimum Gasteiger partial charge on any atom is -0.369 e. The van der Waals surface area contributed by atoms with Gasteiger partial charge in [0.2, 0.25) is 0 Å². The Bertz CT molecular complexity index is 588. The summed E-state index contributed by atoms with van der Waals surface area (Å²) in [5.74, 6) is -0.277. The van der Waals surface area contributed by atoms with Crippen LogP contribution in [-0.2, 0) is 0 Å². The number of pyridine rings is 1. The minimum absolute atomic E-state index is 0.277. The van der Waals surface area contributed by atoms with E-state index >= 15 is 0 Å². The molecule has 5 nitrogen and oxygen atoms in total. The Morgan fingerprint density at radius 3 is 3.00 bits per heavy atom. The van der Waals surface area contributed by atoms with Gasteiger partial charge >= 0.3 is 0 Å². The number of aliphatic imine (C=N–C) groups is 1. The second-order valence-corrected chi connectivity index (χ2v) is 4.55. The monoisotopic (exact) mass is 294 g/mol. The molecule has 6 heteroatoms. The quantitative estimate of drug-likeness (QED) is 0.627. The molecule has 0 N–H and O–H groups in total. The van der Waals surface area contributed by atoms with Gasteiger partial charge in [-0.15, -0.1) is 0 Å². The fourth-order valence-electron chi connectivity index (χ4n) is 1.32. The van der Waals surface area contributed by atoms with E-state index in [2.05, 4.69) is 25.9 Å². The molecule has 0 aliphatic rings. The van der Waals surface area contributed by atoms with Crippen molar-refractivity contribution in [1.82, 2.24) is 14.3 Å². The van der Waals surface area contributed by atoms with E-state index in [1.54, 1.807) is 33.8 Å². The fourth-order valence-corrected chi connectivity index (χ4v) is 1.71. The molecule has 0 fully saturated rings. The standard InChI is InChI=1S/C11H11BrN4O/c1-15(2)7-14-11(17)8-3-4-10-13-5-9(12)16(10)6-8/h3-7H,1-2H3/b14-7+. The molecule has 0 saturated carbocycles. The number of rotatable bonds is 2. The summed E-state index contributed by atoms with van der Waals surface area (Å²) in [5, 5.41) is 0. The molecule has 2 rings (SSSR count). The zero-order valence-corrected chi connectivity index (χ0v) is 11.0. The highest BCUT2D eigenvalue weighted by Gasteiger charge is 2.06. The van der Waals surface area contributed by atoms with Crippen LogP contribution in [-0.4, -0.2) is 40.6 Å². The number of carbonyl (C=O) groups is 1. The van der Waals surface area contributed by atoms with Crippen molar-refractivity contribution >= 4 is 33.8 Å². The molecule has 2 aromatic heterocycles. The van der Waals surface area contributed by atoms with Crippen molar-refractivity contribution in [3.63, 3.8) is 0 Å². The lowest BCUT2D eigenvalue weighted by molar-refractivity contribution is 0.100. The fraction of sp³-hybridized carbons (Fsp3) is 0.182. The van der Waals surface area contributed by atoms with Crippen LogP contribution >= 0.6 is 15.9 Å². The van der Waals surface area contributed by atoms with Crippen LogP contribution in [0.15, 0.2) is 34.1 Å². The summed E-state index contributed by atoms with van der Waals surface area (Å²) in [5.41, 5.74) is 1.30. The number of carbonyl (C=O) groups excluding carboxylic acids is 1. The van der Waals surface area contributed by atoms with Crippen LogP contribution in [0.2, 0.25) is 0 Å². The number of nitrogens with zero attached hydrogens (tertiary/aromatic N) is 4. The number of amides is 1. The number of halogens is 1. The van der Waals surface area contributed by atoms with Crippen LogP contribution in [0.5, 0.6) is 0 Å². The second-order valence-electron chi connectivity index (χ2n) is 3.74. The summed E-state index contributed by atoms with van der Waals surface area (Å²) in [6, 6.07) is 3.49. The number of fused-ring (bicyclic) bond motifs is 1. The zero-order chi connectivity index (χ0) is 12.4. The predicted molar refractivity (Wildman–Crippen MR) is 69.4 cm³/mol. The maximum atomic E-state index is 11.8. The topological polar surface area (TPSA) is 50.0 Å². The van der Waals surface area contributed by atoms with Gasteiger partial charge in [0.1, 0.15) is 10.3 Å². The van der Waals surface area contributed by atoms with Crippen LogP contribution in [0, 0.1) is 0 Å². The Balaban J connectivity index is 2.36. The third-order valence-electron chi connectivity index (χ3n) is 2.11. The largest absolute Gasteiger partial charge is 0.369 e. The molecule has 0 aliphatic heterocycles. The van der Waals surface area contributed by atoms with Gasteiger partial charge in [-0.05, 0) is 28.1 Å². The summed E-state index contributed by atoms with van der Waals surface area (Å²) in [4.78, 5) is 21.4.